The van der Waals surface area contributed by atoms with E-state index in [0.29, 0.717) is 33.7 Å². The highest BCUT2D eigenvalue weighted by atomic mass is 32.1. The lowest BCUT2D eigenvalue weighted by Crippen LogP contribution is -2.22. The van der Waals surface area contributed by atoms with Gasteiger partial charge in [-0.1, -0.05) is 12.7 Å². The van der Waals surface area contributed by atoms with Gasteiger partial charge in [0.05, 0.1) is 16.4 Å². The molecule has 0 spiro atoms. The van der Waals surface area contributed by atoms with E-state index in [-0.39, 0.29) is 17.1 Å². The van der Waals surface area contributed by atoms with Crippen LogP contribution in [0.5, 0.6) is 11.5 Å². The molecule has 2 N–H and O–H groups in total. The second-order valence-corrected chi connectivity index (χ2v) is 6.63. The second kappa shape index (κ2) is 8.69. The summed E-state index contributed by atoms with van der Waals surface area (Å²) in [5.41, 5.74) is 2.57. The van der Waals surface area contributed by atoms with Crippen LogP contribution in [-0.4, -0.2) is 33.2 Å². The Balaban J connectivity index is 2.40. The van der Waals surface area contributed by atoms with Gasteiger partial charge in [-0.15, -0.1) is 0 Å². The van der Waals surface area contributed by atoms with Crippen molar-refractivity contribution in [3.63, 3.8) is 0 Å². The van der Waals surface area contributed by atoms with Crippen molar-refractivity contribution >= 4 is 40.4 Å². The summed E-state index contributed by atoms with van der Waals surface area (Å²) in [6, 6.07) is 9.14. The Hall–Kier alpha value is -3.80. The molecule has 150 valence electrons. The molecule has 7 heteroatoms. The van der Waals surface area contributed by atoms with Crippen LogP contribution in [-0.2, 0) is 4.79 Å². The van der Waals surface area contributed by atoms with Gasteiger partial charge in [0.25, 0.3) is 0 Å². The number of carbonyl (C=O) groups excluding carboxylic acids is 1. The van der Waals surface area contributed by atoms with Gasteiger partial charge in [-0.3, -0.25) is 4.79 Å². The molecule has 2 aromatic carbocycles. The van der Waals surface area contributed by atoms with Crippen molar-refractivity contribution in [1.29, 1.82) is 0 Å². The van der Waals surface area contributed by atoms with Gasteiger partial charge in [0.15, 0.2) is 5.78 Å². The van der Waals surface area contributed by atoms with Crippen LogP contribution in [0.2, 0.25) is 0 Å². The summed E-state index contributed by atoms with van der Waals surface area (Å²) in [7, 11) is 0. The highest BCUT2D eigenvalue weighted by Crippen LogP contribution is 2.43. The largest absolute Gasteiger partial charge is 0.508 e. The first-order valence-corrected chi connectivity index (χ1v) is 9.30. The number of nitrogens with zero attached hydrogens (tertiary/aromatic N) is 1. The lowest BCUT2D eigenvalue weighted by Gasteiger charge is -2.29. The fourth-order valence-corrected chi connectivity index (χ4v) is 3.34. The smallest absolute Gasteiger partial charge is 0.336 e. The molecule has 0 aromatic heterocycles. The highest BCUT2D eigenvalue weighted by molar-refractivity contribution is 7.78. The van der Waals surface area contributed by atoms with Crippen molar-refractivity contribution in [3.05, 3.63) is 83.5 Å². The number of phenolic OH excluding ortho intramolecular Hbond substituents is 1. The monoisotopic (exact) mass is 419 g/mol. The molecule has 0 saturated heterocycles. The van der Waals surface area contributed by atoms with E-state index in [2.05, 4.69) is 29.0 Å². The van der Waals surface area contributed by atoms with Crippen LogP contribution in [0.25, 0.3) is 5.57 Å². The van der Waals surface area contributed by atoms with Crippen molar-refractivity contribution < 1.29 is 24.5 Å². The lowest BCUT2D eigenvalue weighted by molar-refractivity contribution is -0.110. The van der Waals surface area contributed by atoms with Crippen molar-refractivity contribution in [3.8, 4) is 11.5 Å². The van der Waals surface area contributed by atoms with E-state index in [4.69, 9.17) is 4.74 Å². The maximum absolute atomic E-state index is 12.0. The number of aromatic hydroxyl groups is 1. The van der Waals surface area contributed by atoms with E-state index in [1.54, 1.807) is 25.1 Å². The summed E-state index contributed by atoms with van der Waals surface area (Å²) in [5, 5.41) is 21.9. The number of hydrogen-bond donors (Lipinski definition) is 2. The SMILES string of the molecule is C=CC(=O)/C=C\C1=C(c2cc(N=C=S)ccc2C(=O)O)c2ccc(O)cc2OC1C. The molecule has 0 fully saturated rings. The van der Waals surface area contributed by atoms with Gasteiger partial charge in [-0.25, -0.2) is 4.79 Å². The number of allylic oxidation sites excluding steroid dienone is 2. The van der Waals surface area contributed by atoms with E-state index in [9.17, 15) is 19.8 Å². The molecule has 6 nitrogen and oxygen atoms in total. The number of carbonyl (C=O) groups is 2. The number of carboxylic acids is 1. The summed E-state index contributed by atoms with van der Waals surface area (Å²) in [5.74, 6) is -1.02. The third-order valence-corrected chi connectivity index (χ3v) is 4.66. The molecule has 0 aliphatic carbocycles. The van der Waals surface area contributed by atoms with Crippen LogP contribution < -0.4 is 4.74 Å². The van der Waals surface area contributed by atoms with E-state index in [1.165, 1.54) is 36.4 Å². The van der Waals surface area contributed by atoms with Gasteiger partial charge in [-0.2, -0.15) is 4.99 Å². The van der Waals surface area contributed by atoms with Crippen LogP contribution in [0.3, 0.4) is 0 Å². The third-order valence-electron chi connectivity index (χ3n) is 4.57. The minimum atomic E-state index is -1.12. The molecule has 1 aliphatic heterocycles. The molecule has 1 aliphatic rings. The number of isothiocyanates is 1. The predicted octanol–water partition coefficient (Wildman–Crippen LogP) is 4.72. The molecule has 0 saturated carbocycles. The molecule has 1 heterocycles. The van der Waals surface area contributed by atoms with E-state index >= 15 is 0 Å². The second-order valence-electron chi connectivity index (χ2n) is 6.45. The first kappa shape index (κ1) is 20.9. The first-order valence-electron chi connectivity index (χ1n) is 8.90. The third kappa shape index (κ3) is 4.12. The zero-order chi connectivity index (χ0) is 21.8. The van der Waals surface area contributed by atoms with Gasteiger partial charge < -0.3 is 14.9 Å². The standard InChI is InChI=1S/C23H17NO5S/c1-3-15(25)5-8-17-13(2)29-21-11-16(26)6-9-19(21)22(17)20-10-14(24-12-30)4-7-18(20)23(27)28/h3-11,13,26H,1H2,2H3,(H,27,28)/b8-5-. The van der Waals surface area contributed by atoms with Gasteiger partial charge in [0.2, 0.25) is 0 Å². The number of phenols is 1. The van der Waals surface area contributed by atoms with Crippen molar-refractivity contribution in [2.45, 2.75) is 13.0 Å². The van der Waals surface area contributed by atoms with E-state index in [0.717, 1.165) is 0 Å². The van der Waals surface area contributed by atoms with Crippen LogP contribution >= 0.6 is 12.2 Å². The highest BCUT2D eigenvalue weighted by Gasteiger charge is 2.28. The van der Waals surface area contributed by atoms with Crippen LogP contribution in [0.1, 0.15) is 28.4 Å². The molecule has 0 radical (unpaired) electrons. The normalized spacial score (nSPS) is 15.2. The van der Waals surface area contributed by atoms with Crippen molar-refractivity contribution in [1.82, 2.24) is 0 Å². The molecule has 30 heavy (non-hydrogen) atoms. The number of rotatable bonds is 6. The maximum Gasteiger partial charge on any atom is 0.336 e. The molecular formula is C23H17NO5S. The van der Waals surface area contributed by atoms with Crippen molar-refractivity contribution in [2.24, 2.45) is 4.99 Å². The summed E-state index contributed by atoms with van der Waals surface area (Å²) in [6.45, 7) is 5.22. The van der Waals surface area contributed by atoms with Crippen molar-refractivity contribution in [2.75, 3.05) is 0 Å². The summed E-state index contributed by atoms with van der Waals surface area (Å²) in [4.78, 5) is 27.7. The molecular weight excluding hydrogens is 402 g/mol. The number of ether oxygens (including phenoxy) is 1. The summed E-state index contributed by atoms with van der Waals surface area (Å²) >= 11 is 4.67. The number of hydrogen-bond acceptors (Lipinski definition) is 6. The number of aromatic carboxylic acids is 1. The molecule has 1 unspecified atom stereocenters. The van der Waals surface area contributed by atoms with Crippen LogP contribution in [0.15, 0.2) is 71.8 Å². The average molecular weight is 419 g/mol. The predicted molar refractivity (Wildman–Crippen MR) is 117 cm³/mol. The minimum Gasteiger partial charge on any atom is -0.508 e. The zero-order valence-corrected chi connectivity index (χ0v) is 16.8. The van der Waals surface area contributed by atoms with Gasteiger partial charge >= 0.3 is 5.97 Å². The number of benzene rings is 2. The number of carboxylic acid groups (broad SMARTS) is 1. The van der Waals surface area contributed by atoms with Crippen LogP contribution in [0, 0.1) is 0 Å². The van der Waals surface area contributed by atoms with Gasteiger partial charge in [0.1, 0.15) is 17.6 Å². The first-order chi connectivity index (χ1) is 14.3. The Kier molecular flexibility index (Phi) is 6.06. The zero-order valence-electron chi connectivity index (χ0n) is 16.0. The van der Waals surface area contributed by atoms with Gasteiger partial charge in [-0.05, 0) is 67.2 Å². The summed E-state index contributed by atoms with van der Waals surface area (Å²) < 4.78 is 5.91. The number of thiocarbonyl (C=S) groups is 1. The number of ketones is 1. The Morgan fingerprint density at radius 2 is 2.00 bits per heavy atom. The quantitative estimate of drug-likeness (QED) is 0.400. The summed E-state index contributed by atoms with van der Waals surface area (Å²) in [6.07, 6.45) is 3.57. The van der Waals surface area contributed by atoms with Crippen LogP contribution in [0.4, 0.5) is 5.69 Å². The molecule has 2 aromatic rings. The Labute approximate surface area is 178 Å². The van der Waals surface area contributed by atoms with Gasteiger partial charge in [0, 0.05) is 22.8 Å². The fraction of sp³-hybridized carbons (Fsp3) is 0.0870. The molecule has 0 amide bonds. The number of fused-ring (bicyclic) bond motifs is 1. The molecule has 0 bridgehead atoms. The lowest BCUT2D eigenvalue weighted by atomic mass is 9.85. The Bertz CT molecular complexity index is 1170. The number of aliphatic imine (C=N–C) groups is 1. The minimum absolute atomic E-state index is 0.0126. The Morgan fingerprint density at radius 1 is 1.23 bits per heavy atom. The topological polar surface area (TPSA) is 96.2 Å². The Morgan fingerprint density at radius 3 is 2.67 bits per heavy atom. The maximum atomic E-state index is 12.0. The average Bonchev–Trinajstić information content (AvgIpc) is 2.71. The molecule has 3 rings (SSSR count). The van der Waals surface area contributed by atoms with E-state index in [1.807, 2.05) is 0 Å². The molecule has 1 atom stereocenters. The van der Waals surface area contributed by atoms with E-state index < -0.39 is 12.1 Å². The fourth-order valence-electron chi connectivity index (χ4n) is 3.23.